The van der Waals surface area contributed by atoms with Crippen molar-refractivity contribution < 1.29 is 14.1 Å². The van der Waals surface area contributed by atoms with Gasteiger partial charge in [-0.2, -0.15) is 0 Å². The van der Waals surface area contributed by atoms with Crippen molar-refractivity contribution >= 4 is 34.3 Å². The third-order valence-corrected chi connectivity index (χ3v) is 5.70. The number of thiophene rings is 1. The van der Waals surface area contributed by atoms with Gasteiger partial charge in [-0.25, -0.2) is 4.98 Å². The summed E-state index contributed by atoms with van der Waals surface area (Å²) in [6.07, 6.45) is 0. The number of nitrogens with zero attached hydrogens (tertiary/aromatic N) is 4. The maximum Gasteiger partial charge on any atom is 0.259 e. The lowest BCUT2D eigenvalue weighted by Gasteiger charge is -2.23. The van der Waals surface area contributed by atoms with Crippen LogP contribution in [0.25, 0.3) is 21.7 Å². The number of hydrogen-bond donors (Lipinski definition) is 0. The van der Waals surface area contributed by atoms with Crippen molar-refractivity contribution in [1.82, 2.24) is 19.9 Å². The highest BCUT2D eigenvalue weighted by Crippen LogP contribution is 2.31. The fraction of sp³-hybridized carbons (Fsp3) is 0.400. The standard InChI is InChI=1S/C20H24N4O3S/c1-6-24(7-2)17(25)11-23(5)20(26)14-10-15(16-9-8-12(3)28-16)21-19-18(14)13(4)22-27-19/h8-10H,6-7,11H2,1-5H3. The Balaban J connectivity index is 1.99. The molecule has 0 aliphatic carbocycles. The lowest BCUT2D eigenvalue weighted by Crippen LogP contribution is -2.41. The first-order chi connectivity index (χ1) is 13.3. The van der Waals surface area contributed by atoms with Crippen LogP contribution in [0.15, 0.2) is 22.7 Å². The third kappa shape index (κ3) is 3.77. The Morgan fingerprint density at radius 1 is 1.18 bits per heavy atom. The van der Waals surface area contributed by atoms with Gasteiger partial charge >= 0.3 is 0 Å². The monoisotopic (exact) mass is 400 g/mol. The van der Waals surface area contributed by atoms with Crippen molar-refractivity contribution in [1.29, 1.82) is 0 Å². The van der Waals surface area contributed by atoms with Crippen LogP contribution in [0.5, 0.6) is 0 Å². The van der Waals surface area contributed by atoms with E-state index in [9.17, 15) is 9.59 Å². The molecule has 3 aromatic rings. The summed E-state index contributed by atoms with van der Waals surface area (Å²) in [5.41, 5.74) is 2.03. The number of aromatic nitrogens is 2. The average Bonchev–Trinajstić information content (AvgIpc) is 3.27. The quantitative estimate of drug-likeness (QED) is 0.633. The molecule has 3 rings (SSSR count). The Kier molecular flexibility index (Phi) is 5.79. The fourth-order valence-corrected chi connectivity index (χ4v) is 3.95. The summed E-state index contributed by atoms with van der Waals surface area (Å²) in [5, 5.41) is 4.56. The number of hydrogen-bond acceptors (Lipinski definition) is 6. The second kappa shape index (κ2) is 8.10. The normalized spacial score (nSPS) is 11.0. The zero-order valence-electron chi connectivity index (χ0n) is 16.8. The molecule has 0 aliphatic heterocycles. The van der Waals surface area contributed by atoms with E-state index < -0.39 is 0 Å². The highest BCUT2D eigenvalue weighted by atomic mass is 32.1. The van der Waals surface area contributed by atoms with Crippen molar-refractivity contribution in [3.63, 3.8) is 0 Å². The molecule has 0 unspecified atom stereocenters. The number of pyridine rings is 1. The van der Waals surface area contributed by atoms with Gasteiger partial charge in [-0.05, 0) is 45.9 Å². The molecule has 0 saturated carbocycles. The highest BCUT2D eigenvalue weighted by Gasteiger charge is 2.24. The number of aryl methyl sites for hydroxylation is 2. The average molecular weight is 401 g/mol. The van der Waals surface area contributed by atoms with Gasteiger partial charge in [0.1, 0.15) is 0 Å². The van der Waals surface area contributed by atoms with E-state index in [0.717, 1.165) is 9.75 Å². The lowest BCUT2D eigenvalue weighted by molar-refractivity contribution is -0.131. The first kappa shape index (κ1) is 20.0. The van der Waals surface area contributed by atoms with E-state index in [1.54, 1.807) is 36.3 Å². The van der Waals surface area contributed by atoms with Crippen molar-refractivity contribution in [2.45, 2.75) is 27.7 Å². The summed E-state index contributed by atoms with van der Waals surface area (Å²) in [6, 6.07) is 5.74. The van der Waals surface area contributed by atoms with Crippen molar-refractivity contribution in [2.24, 2.45) is 0 Å². The van der Waals surface area contributed by atoms with Gasteiger partial charge in [0.05, 0.1) is 33.8 Å². The Bertz CT molecular complexity index is 1020. The summed E-state index contributed by atoms with van der Waals surface area (Å²) in [4.78, 5) is 35.4. The van der Waals surface area contributed by atoms with Crippen LogP contribution >= 0.6 is 11.3 Å². The molecule has 0 bridgehead atoms. The molecule has 8 heteroatoms. The maximum absolute atomic E-state index is 13.2. The molecular formula is C20H24N4O3S. The summed E-state index contributed by atoms with van der Waals surface area (Å²) < 4.78 is 5.34. The van der Waals surface area contributed by atoms with Crippen LogP contribution in [-0.4, -0.2) is 58.4 Å². The molecule has 0 atom stereocenters. The molecule has 0 spiro atoms. The van der Waals surface area contributed by atoms with E-state index in [4.69, 9.17) is 4.52 Å². The van der Waals surface area contributed by atoms with Gasteiger partial charge in [0, 0.05) is 25.0 Å². The number of rotatable bonds is 6. The number of amides is 2. The van der Waals surface area contributed by atoms with E-state index >= 15 is 0 Å². The van der Waals surface area contributed by atoms with Crippen LogP contribution in [0.1, 0.15) is 34.8 Å². The topological polar surface area (TPSA) is 79.5 Å². The zero-order valence-corrected chi connectivity index (χ0v) is 17.6. The highest BCUT2D eigenvalue weighted by molar-refractivity contribution is 7.15. The van der Waals surface area contributed by atoms with Crippen LogP contribution < -0.4 is 0 Å². The van der Waals surface area contributed by atoms with Crippen molar-refractivity contribution in [3.8, 4) is 10.6 Å². The first-order valence-corrected chi connectivity index (χ1v) is 10.0. The maximum atomic E-state index is 13.2. The SMILES string of the molecule is CCN(CC)C(=O)CN(C)C(=O)c1cc(-c2ccc(C)s2)nc2onc(C)c12. The molecule has 0 saturated heterocycles. The van der Waals surface area contributed by atoms with E-state index in [2.05, 4.69) is 10.1 Å². The number of likely N-dealkylation sites (N-methyl/N-ethyl adjacent to an activating group) is 2. The van der Waals surface area contributed by atoms with Crippen molar-refractivity contribution in [2.75, 3.05) is 26.7 Å². The molecule has 148 valence electrons. The van der Waals surface area contributed by atoms with Gasteiger partial charge in [0.25, 0.3) is 11.6 Å². The molecule has 3 aromatic heterocycles. The van der Waals surface area contributed by atoms with Gasteiger partial charge in [0.2, 0.25) is 5.91 Å². The summed E-state index contributed by atoms with van der Waals surface area (Å²) >= 11 is 1.60. The van der Waals surface area contributed by atoms with Gasteiger partial charge in [0.15, 0.2) is 0 Å². The Labute approximate surface area is 167 Å². The summed E-state index contributed by atoms with van der Waals surface area (Å²) in [5.74, 6) is -0.337. The predicted octanol–water partition coefficient (Wildman–Crippen LogP) is 3.51. The zero-order chi connectivity index (χ0) is 20.4. The summed E-state index contributed by atoms with van der Waals surface area (Å²) in [7, 11) is 1.63. The van der Waals surface area contributed by atoms with Crippen LogP contribution in [0, 0.1) is 13.8 Å². The molecule has 2 amide bonds. The van der Waals surface area contributed by atoms with E-state index in [0.29, 0.717) is 41.1 Å². The fourth-order valence-electron chi connectivity index (χ4n) is 3.12. The van der Waals surface area contributed by atoms with Crippen molar-refractivity contribution in [3.05, 3.63) is 34.3 Å². The number of fused-ring (bicyclic) bond motifs is 1. The predicted molar refractivity (Wildman–Crippen MR) is 109 cm³/mol. The smallest absolute Gasteiger partial charge is 0.259 e. The minimum atomic E-state index is -0.256. The minimum absolute atomic E-state index is 0.0160. The first-order valence-electron chi connectivity index (χ1n) is 9.22. The molecule has 3 heterocycles. The lowest BCUT2D eigenvalue weighted by atomic mass is 10.1. The molecule has 0 N–H and O–H groups in total. The molecule has 0 fully saturated rings. The Morgan fingerprint density at radius 2 is 1.89 bits per heavy atom. The number of carbonyl (C=O) groups excluding carboxylic acids is 2. The third-order valence-electron chi connectivity index (χ3n) is 4.68. The molecule has 0 radical (unpaired) electrons. The Hall–Kier alpha value is -2.74. The van der Waals surface area contributed by atoms with E-state index in [1.165, 1.54) is 4.90 Å². The second-order valence-electron chi connectivity index (χ2n) is 6.64. The van der Waals surface area contributed by atoms with Crippen LogP contribution in [0.3, 0.4) is 0 Å². The molecule has 7 nitrogen and oxygen atoms in total. The molecular weight excluding hydrogens is 376 g/mol. The largest absolute Gasteiger partial charge is 0.342 e. The van der Waals surface area contributed by atoms with Crippen LogP contribution in [0.4, 0.5) is 0 Å². The molecule has 0 aromatic carbocycles. The van der Waals surface area contributed by atoms with Crippen LogP contribution in [-0.2, 0) is 4.79 Å². The van der Waals surface area contributed by atoms with Gasteiger partial charge in [-0.1, -0.05) is 5.16 Å². The van der Waals surface area contributed by atoms with E-state index in [1.807, 2.05) is 32.9 Å². The van der Waals surface area contributed by atoms with Crippen LogP contribution in [0.2, 0.25) is 0 Å². The molecule has 28 heavy (non-hydrogen) atoms. The second-order valence-corrected chi connectivity index (χ2v) is 7.93. The molecule has 0 aliphatic rings. The van der Waals surface area contributed by atoms with E-state index in [-0.39, 0.29) is 18.4 Å². The summed E-state index contributed by atoms with van der Waals surface area (Å²) in [6.45, 7) is 8.89. The van der Waals surface area contributed by atoms with Gasteiger partial charge in [-0.3, -0.25) is 9.59 Å². The van der Waals surface area contributed by atoms with Gasteiger partial charge < -0.3 is 14.3 Å². The minimum Gasteiger partial charge on any atom is -0.342 e. The Morgan fingerprint density at radius 3 is 2.50 bits per heavy atom. The van der Waals surface area contributed by atoms with Gasteiger partial charge in [-0.15, -0.1) is 11.3 Å². The number of carbonyl (C=O) groups is 2.